The van der Waals surface area contributed by atoms with E-state index in [2.05, 4.69) is 37.3 Å². The molecule has 102 valence electrons. The quantitative estimate of drug-likeness (QED) is 0.779. The maximum absolute atomic E-state index is 12.4. The van der Waals surface area contributed by atoms with Crippen molar-refractivity contribution in [3.63, 3.8) is 0 Å². The Morgan fingerprint density at radius 1 is 1.05 bits per heavy atom. The number of aryl methyl sites for hydroxylation is 2. The van der Waals surface area contributed by atoms with E-state index in [9.17, 15) is 4.79 Å². The number of hydrogen-bond donors (Lipinski definition) is 0. The van der Waals surface area contributed by atoms with Crippen molar-refractivity contribution in [2.75, 3.05) is 13.6 Å². The number of aromatic nitrogens is 1. The molecular weight excluding hydrogens is 248 g/mol. The summed E-state index contributed by atoms with van der Waals surface area (Å²) in [5.74, 6) is 0.0824. The summed E-state index contributed by atoms with van der Waals surface area (Å²) in [5, 5.41) is 0. The van der Waals surface area contributed by atoms with Gasteiger partial charge in [0.2, 0.25) is 0 Å². The average molecular weight is 266 g/mol. The van der Waals surface area contributed by atoms with Crippen LogP contribution < -0.4 is 0 Å². The van der Waals surface area contributed by atoms with Gasteiger partial charge in [0.1, 0.15) is 0 Å². The highest BCUT2D eigenvalue weighted by molar-refractivity contribution is 6.01. The summed E-state index contributed by atoms with van der Waals surface area (Å²) in [6, 6.07) is 10.4. The molecule has 0 saturated heterocycles. The number of fused-ring (bicyclic) bond motifs is 1. The Bertz CT molecular complexity index is 692. The van der Waals surface area contributed by atoms with Gasteiger partial charge in [-0.15, -0.1) is 0 Å². The van der Waals surface area contributed by atoms with Gasteiger partial charge < -0.3 is 9.47 Å². The lowest BCUT2D eigenvalue weighted by Gasteiger charge is -2.12. The van der Waals surface area contributed by atoms with Crippen LogP contribution in [0.15, 0.2) is 42.6 Å². The van der Waals surface area contributed by atoms with Crippen molar-refractivity contribution < 1.29 is 4.79 Å². The highest BCUT2D eigenvalue weighted by Gasteiger charge is 2.24. The first kappa shape index (κ1) is 12.7. The van der Waals surface area contributed by atoms with Gasteiger partial charge in [-0.25, -0.2) is 0 Å². The van der Waals surface area contributed by atoms with Crippen LogP contribution in [0.4, 0.5) is 0 Å². The highest BCUT2D eigenvalue weighted by Crippen LogP contribution is 2.30. The lowest BCUT2D eigenvalue weighted by atomic mass is 9.99. The minimum absolute atomic E-state index is 0.0824. The zero-order chi connectivity index (χ0) is 14.3. The van der Waals surface area contributed by atoms with Crippen molar-refractivity contribution in [2.24, 2.45) is 7.05 Å². The third-order valence-corrected chi connectivity index (χ3v) is 3.84. The fourth-order valence-electron chi connectivity index (χ4n) is 2.64. The molecule has 0 aliphatic carbocycles. The van der Waals surface area contributed by atoms with Crippen LogP contribution in [0.25, 0.3) is 5.57 Å². The van der Waals surface area contributed by atoms with Gasteiger partial charge in [-0.05, 0) is 18.6 Å². The molecule has 3 rings (SSSR count). The van der Waals surface area contributed by atoms with Gasteiger partial charge in [0, 0.05) is 32.4 Å². The van der Waals surface area contributed by atoms with Crippen LogP contribution in [0.1, 0.15) is 27.2 Å². The highest BCUT2D eigenvalue weighted by atomic mass is 16.2. The number of benzene rings is 1. The second kappa shape index (κ2) is 4.67. The smallest absolute Gasteiger partial charge is 0.256 e. The van der Waals surface area contributed by atoms with E-state index in [-0.39, 0.29) is 5.91 Å². The largest absolute Gasteiger partial charge is 0.350 e. The van der Waals surface area contributed by atoms with E-state index in [1.807, 2.05) is 30.9 Å². The number of nitrogens with zero attached hydrogens (tertiary/aromatic N) is 2. The van der Waals surface area contributed by atoms with Crippen molar-refractivity contribution in [1.29, 1.82) is 0 Å². The molecule has 0 fully saturated rings. The number of amides is 1. The maximum Gasteiger partial charge on any atom is 0.256 e. The number of carbonyl (C=O) groups is 1. The first-order valence-electron chi connectivity index (χ1n) is 6.76. The molecule has 0 atom stereocenters. The molecule has 0 bridgehead atoms. The van der Waals surface area contributed by atoms with E-state index in [0.717, 1.165) is 22.4 Å². The molecule has 3 heteroatoms. The second-order valence-corrected chi connectivity index (χ2v) is 5.36. The Hall–Kier alpha value is -2.29. The van der Waals surface area contributed by atoms with Gasteiger partial charge >= 0.3 is 0 Å². The molecule has 20 heavy (non-hydrogen) atoms. The molecule has 3 nitrogen and oxygen atoms in total. The van der Waals surface area contributed by atoms with E-state index in [1.165, 1.54) is 5.56 Å². The predicted molar refractivity (Wildman–Crippen MR) is 80.6 cm³/mol. The lowest BCUT2D eigenvalue weighted by Crippen LogP contribution is -2.25. The van der Waals surface area contributed by atoms with Crippen LogP contribution in [0.2, 0.25) is 0 Å². The van der Waals surface area contributed by atoms with Gasteiger partial charge in [0.25, 0.3) is 5.91 Å². The Morgan fingerprint density at radius 3 is 2.45 bits per heavy atom. The van der Waals surface area contributed by atoms with Crippen molar-refractivity contribution in [2.45, 2.75) is 6.92 Å². The first-order valence-corrected chi connectivity index (χ1v) is 6.76. The van der Waals surface area contributed by atoms with E-state index >= 15 is 0 Å². The minimum Gasteiger partial charge on any atom is -0.350 e. The van der Waals surface area contributed by atoms with Gasteiger partial charge in [0.05, 0.1) is 11.3 Å². The molecule has 1 aromatic heterocycles. The zero-order valence-electron chi connectivity index (χ0n) is 12.1. The first-order chi connectivity index (χ1) is 9.58. The standard InChI is InChI=1S/C17H18N2O/c1-12-4-6-13(7-5-12)14-8-11-19(3)17(20)15-9-10-18(2)16(14)15/h4-10H,11H2,1-3H3. The molecule has 1 aromatic carbocycles. The predicted octanol–water partition coefficient (Wildman–Crippen LogP) is 2.85. The molecule has 0 unspecified atom stereocenters. The van der Waals surface area contributed by atoms with Crippen LogP contribution in [-0.2, 0) is 7.05 Å². The van der Waals surface area contributed by atoms with Crippen molar-refractivity contribution >= 4 is 11.5 Å². The molecule has 1 amide bonds. The summed E-state index contributed by atoms with van der Waals surface area (Å²) in [4.78, 5) is 14.1. The summed E-state index contributed by atoms with van der Waals surface area (Å²) >= 11 is 0. The van der Waals surface area contributed by atoms with Crippen LogP contribution >= 0.6 is 0 Å². The molecule has 0 spiro atoms. The lowest BCUT2D eigenvalue weighted by molar-refractivity contribution is 0.0811. The molecule has 1 aliphatic heterocycles. The van der Waals surface area contributed by atoms with Gasteiger partial charge in [-0.1, -0.05) is 35.9 Å². The van der Waals surface area contributed by atoms with Gasteiger partial charge in [0.15, 0.2) is 0 Å². The summed E-state index contributed by atoms with van der Waals surface area (Å²) < 4.78 is 2.03. The summed E-state index contributed by atoms with van der Waals surface area (Å²) in [6.07, 6.45) is 4.08. The topological polar surface area (TPSA) is 25.2 Å². The number of carbonyl (C=O) groups excluding carboxylic acids is 1. The Kier molecular flexibility index (Phi) is 2.97. The number of rotatable bonds is 1. The molecule has 1 aliphatic rings. The monoisotopic (exact) mass is 266 g/mol. The molecule has 0 radical (unpaired) electrons. The molecule has 2 aromatic rings. The summed E-state index contributed by atoms with van der Waals surface area (Å²) in [7, 11) is 3.83. The average Bonchev–Trinajstić information content (AvgIpc) is 2.76. The van der Waals surface area contributed by atoms with Crippen molar-refractivity contribution in [3.05, 3.63) is 65.0 Å². The molecule has 0 saturated carbocycles. The molecule has 2 heterocycles. The SMILES string of the molecule is Cc1ccc(C2=CCN(C)C(=O)c3ccn(C)c32)cc1. The second-order valence-electron chi connectivity index (χ2n) is 5.36. The summed E-state index contributed by atoms with van der Waals surface area (Å²) in [5.41, 5.74) is 5.30. The van der Waals surface area contributed by atoms with Crippen LogP contribution in [0, 0.1) is 6.92 Å². The number of hydrogen-bond acceptors (Lipinski definition) is 1. The maximum atomic E-state index is 12.4. The van der Waals surface area contributed by atoms with Gasteiger partial charge in [-0.2, -0.15) is 0 Å². The van der Waals surface area contributed by atoms with Gasteiger partial charge in [-0.3, -0.25) is 4.79 Å². The van der Waals surface area contributed by atoms with E-state index in [4.69, 9.17) is 0 Å². The van der Waals surface area contributed by atoms with Crippen molar-refractivity contribution in [3.8, 4) is 0 Å². The zero-order valence-corrected chi connectivity index (χ0v) is 12.1. The Balaban J connectivity index is 2.19. The number of likely N-dealkylation sites (N-methyl/N-ethyl adjacent to an activating group) is 1. The van der Waals surface area contributed by atoms with Crippen LogP contribution in [0.5, 0.6) is 0 Å². The Morgan fingerprint density at radius 2 is 1.75 bits per heavy atom. The Labute approximate surface area is 119 Å². The fourth-order valence-corrected chi connectivity index (χ4v) is 2.64. The van der Waals surface area contributed by atoms with Crippen molar-refractivity contribution in [1.82, 2.24) is 9.47 Å². The van der Waals surface area contributed by atoms with Crippen LogP contribution in [0.3, 0.4) is 0 Å². The normalized spacial score (nSPS) is 14.8. The van der Waals surface area contributed by atoms with E-state index in [1.54, 1.807) is 4.90 Å². The van der Waals surface area contributed by atoms with E-state index in [0.29, 0.717) is 6.54 Å². The summed E-state index contributed by atoms with van der Waals surface area (Å²) in [6.45, 7) is 2.72. The third kappa shape index (κ3) is 1.95. The molecular formula is C17H18N2O. The fraction of sp³-hybridized carbons (Fsp3) is 0.235. The van der Waals surface area contributed by atoms with E-state index < -0.39 is 0 Å². The van der Waals surface area contributed by atoms with Crippen LogP contribution in [-0.4, -0.2) is 29.0 Å². The third-order valence-electron chi connectivity index (χ3n) is 3.84. The minimum atomic E-state index is 0.0824. The molecule has 0 N–H and O–H groups in total.